The zero-order valence-electron chi connectivity index (χ0n) is 18.2. The SMILES string of the molecule is Cc1cc(C)cc(-n2c(O)c(C=C3C(c4ccccc4)=Nc4ccccc43)c(=O)[nH]c2=O)c1. The first kappa shape index (κ1) is 20.5. The number of hydrogen-bond donors (Lipinski definition) is 2. The number of aromatic hydroxyl groups is 1. The van der Waals surface area contributed by atoms with Crippen molar-refractivity contribution >= 4 is 23.0 Å². The summed E-state index contributed by atoms with van der Waals surface area (Å²) in [6.07, 6.45) is 1.60. The molecule has 0 unspecified atom stereocenters. The Labute approximate surface area is 189 Å². The summed E-state index contributed by atoms with van der Waals surface area (Å²) in [4.78, 5) is 32.6. The standard InChI is InChI=1S/C27H21N3O3/c1-16-12-17(2)14-19(13-16)30-26(32)22(25(31)29-27(30)33)15-21-20-10-6-7-11-23(20)28-24(21)18-8-4-3-5-9-18/h3-15,32H,1-2H3,(H,29,31,33). The van der Waals surface area contributed by atoms with Crippen molar-refractivity contribution < 1.29 is 5.11 Å². The zero-order chi connectivity index (χ0) is 23.1. The number of aromatic amines is 1. The molecule has 0 fully saturated rings. The average molecular weight is 435 g/mol. The normalized spacial score (nSPS) is 13.8. The second kappa shape index (κ2) is 7.91. The Kier molecular flexibility index (Phi) is 4.90. The molecule has 162 valence electrons. The van der Waals surface area contributed by atoms with Gasteiger partial charge in [0.15, 0.2) is 0 Å². The maximum Gasteiger partial charge on any atom is 0.335 e. The van der Waals surface area contributed by atoms with E-state index in [4.69, 9.17) is 4.99 Å². The van der Waals surface area contributed by atoms with Gasteiger partial charge in [0.25, 0.3) is 5.56 Å². The summed E-state index contributed by atoms with van der Waals surface area (Å²) in [5.41, 5.74) is 4.88. The van der Waals surface area contributed by atoms with Crippen LogP contribution in [-0.2, 0) is 0 Å². The molecular weight excluding hydrogens is 414 g/mol. The van der Waals surface area contributed by atoms with Crippen LogP contribution in [-0.4, -0.2) is 20.4 Å². The second-order valence-corrected chi connectivity index (χ2v) is 8.08. The Balaban J connectivity index is 1.76. The first-order valence-corrected chi connectivity index (χ1v) is 10.5. The van der Waals surface area contributed by atoms with E-state index in [9.17, 15) is 14.7 Å². The van der Waals surface area contributed by atoms with Gasteiger partial charge in [0.2, 0.25) is 5.88 Å². The molecule has 0 atom stereocenters. The predicted octanol–water partition coefficient (Wildman–Crippen LogP) is 4.52. The third-order valence-electron chi connectivity index (χ3n) is 5.60. The zero-order valence-corrected chi connectivity index (χ0v) is 18.2. The number of H-pyrrole nitrogens is 1. The molecule has 2 heterocycles. The van der Waals surface area contributed by atoms with Gasteiger partial charge in [-0.05, 0) is 49.2 Å². The van der Waals surface area contributed by atoms with E-state index in [0.717, 1.165) is 32.5 Å². The molecule has 0 saturated carbocycles. The molecule has 0 radical (unpaired) electrons. The molecule has 0 saturated heterocycles. The molecule has 6 heteroatoms. The lowest BCUT2D eigenvalue weighted by atomic mass is 9.96. The molecule has 4 aromatic rings. The molecule has 0 aliphatic carbocycles. The highest BCUT2D eigenvalue weighted by atomic mass is 16.3. The highest BCUT2D eigenvalue weighted by Crippen LogP contribution is 2.38. The highest BCUT2D eigenvalue weighted by molar-refractivity contribution is 6.39. The third kappa shape index (κ3) is 3.61. The fourth-order valence-corrected chi connectivity index (χ4v) is 4.20. The maximum atomic E-state index is 12.8. The Morgan fingerprint density at radius 1 is 0.909 bits per heavy atom. The van der Waals surface area contributed by atoms with E-state index in [-0.39, 0.29) is 5.56 Å². The van der Waals surface area contributed by atoms with Crippen molar-refractivity contribution in [3.63, 3.8) is 0 Å². The van der Waals surface area contributed by atoms with Gasteiger partial charge in [0.1, 0.15) is 5.56 Å². The number of nitrogens with zero attached hydrogens (tertiary/aromatic N) is 2. The highest BCUT2D eigenvalue weighted by Gasteiger charge is 2.24. The lowest BCUT2D eigenvalue weighted by molar-refractivity contribution is 0.429. The van der Waals surface area contributed by atoms with Gasteiger partial charge in [-0.25, -0.2) is 14.4 Å². The molecule has 6 nitrogen and oxygen atoms in total. The Morgan fingerprint density at radius 3 is 2.30 bits per heavy atom. The topological polar surface area (TPSA) is 87.4 Å². The summed E-state index contributed by atoms with van der Waals surface area (Å²) in [5.74, 6) is -0.418. The first-order valence-electron chi connectivity index (χ1n) is 10.5. The molecular formula is C27H21N3O3. The van der Waals surface area contributed by atoms with Gasteiger partial charge in [-0.2, -0.15) is 0 Å². The number of allylic oxidation sites excluding steroid dienone is 1. The Bertz CT molecular complexity index is 1550. The van der Waals surface area contributed by atoms with Crippen molar-refractivity contribution in [1.29, 1.82) is 0 Å². The minimum absolute atomic E-state index is 0.0101. The van der Waals surface area contributed by atoms with Crippen molar-refractivity contribution in [2.24, 2.45) is 4.99 Å². The van der Waals surface area contributed by atoms with Crippen LogP contribution in [0.2, 0.25) is 0 Å². The average Bonchev–Trinajstić information content (AvgIpc) is 3.15. The maximum absolute atomic E-state index is 12.8. The predicted molar refractivity (Wildman–Crippen MR) is 131 cm³/mol. The quantitative estimate of drug-likeness (QED) is 0.496. The van der Waals surface area contributed by atoms with Crippen molar-refractivity contribution in [2.75, 3.05) is 0 Å². The van der Waals surface area contributed by atoms with E-state index in [1.54, 1.807) is 18.2 Å². The number of hydrogen-bond acceptors (Lipinski definition) is 4. The van der Waals surface area contributed by atoms with Crippen LogP contribution in [0.15, 0.2) is 87.4 Å². The molecule has 1 aliphatic rings. The summed E-state index contributed by atoms with van der Waals surface area (Å²) < 4.78 is 1.12. The van der Waals surface area contributed by atoms with Crippen LogP contribution < -0.4 is 11.2 Å². The van der Waals surface area contributed by atoms with Crippen molar-refractivity contribution in [2.45, 2.75) is 13.8 Å². The minimum atomic E-state index is -0.701. The van der Waals surface area contributed by atoms with Gasteiger partial charge >= 0.3 is 5.69 Å². The molecule has 3 aromatic carbocycles. The number of benzene rings is 3. The van der Waals surface area contributed by atoms with E-state index in [0.29, 0.717) is 17.0 Å². The smallest absolute Gasteiger partial charge is 0.335 e. The van der Waals surface area contributed by atoms with Crippen molar-refractivity contribution in [1.82, 2.24) is 9.55 Å². The van der Waals surface area contributed by atoms with Gasteiger partial charge in [0.05, 0.1) is 17.1 Å². The largest absolute Gasteiger partial charge is 0.494 e. The summed E-state index contributed by atoms with van der Waals surface area (Å²) >= 11 is 0. The number of aryl methyl sites for hydroxylation is 2. The molecule has 0 amide bonds. The summed E-state index contributed by atoms with van der Waals surface area (Å²) in [5, 5.41) is 11.1. The summed E-state index contributed by atoms with van der Waals surface area (Å²) in [7, 11) is 0. The first-order chi connectivity index (χ1) is 15.9. The molecule has 33 heavy (non-hydrogen) atoms. The number of fused-ring (bicyclic) bond motifs is 1. The van der Waals surface area contributed by atoms with E-state index in [1.165, 1.54) is 0 Å². The van der Waals surface area contributed by atoms with Crippen molar-refractivity contribution in [3.8, 4) is 11.6 Å². The molecule has 0 spiro atoms. The van der Waals surface area contributed by atoms with Crippen LogP contribution in [0.3, 0.4) is 0 Å². The molecule has 2 N–H and O–H groups in total. The summed E-state index contributed by atoms with van der Waals surface area (Å²) in [6, 6.07) is 22.8. The summed E-state index contributed by atoms with van der Waals surface area (Å²) in [6.45, 7) is 3.82. The number of para-hydroxylation sites is 1. The number of aromatic nitrogens is 2. The Hall–Kier alpha value is -4.45. The fraction of sp³-hybridized carbons (Fsp3) is 0.0741. The van der Waals surface area contributed by atoms with Crippen LogP contribution in [0.5, 0.6) is 5.88 Å². The lowest BCUT2D eigenvalue weighted by Gasteiger charge is -2.12. The second-order valence-electron chi connectivity index (χ2n) is 8.08. The van der Waals surface area contributed by atoms with E-state index < -0.39 is 17.1 Å². The van der Waals surface area contributed by atoms with Gasteiger partial charge in [-0.1, -0.05) is 54.6 Å². The van der Waals surface area contributed by atoms with Crippen LogP contribution >= 0.6 is 0 Å². The van der Waals surface area contributed by atoms with Gasteiger partial charge in [-0.3, -0.25) is 9.78 Å². The van der Waals surface area contributed by atoms with Crippen LogP contribution in [0.4, 0.5) is 5.69 Å². The van der Waals surface area contributed by atoms with E-state index in [1.807, 2.05) is 74.5 Å². The van der Waals surface area contributed by atoms with E-state index in [2.05, 4.69) is 4.98 Å². The van der Waals surface area contributed by atoms with Gasteiger partial charge in [-0.15, -0.1) is 0 Å². The van der Waals surface area contributed by atoms with E-state index >= 15 is 0 Å². The number of aliphatic imine (C=N–C) groups is 1. The number of rotatable bonds is 3. The van der Waals surface area contributed by atoms with Crippen LogP contribution in [0, 0.1) is 13.8 Å². The molecule has 5 rings (SSSR count). The Morgan fingerprint density at radius 2 is 1.58 bits per heavy atom. The van der Waals surface area contributed by atoms with Gasteiger partial charge < -0.3 is 5.11 Å². The van der Waals surface area contributed by atoms with Crippen molar-refractivity contribution in [3.05, 3.63) is 121 Å². The molecule has 1 aliphatic heterocycles. The van der Waals surface area contributed by atoms with Gasteiger partial charge in [0, 0.05) is 16.7 Å². The fourth-order valence-electron chi connectivity index (χ4n) is 4.20. The minimum Gasteiger partial charge on any atom is -0.494 e. The van der Waals surface area contributed by atoms with Crippen LogP contribution in [0.25, 0.3) is 17.3 Å². The lowest BCUT2D eigenvalue weighted by Crippen LogP contribution is -2.30. The molecule has 0 bridgehead atoms. The van der Waals surface area contributed by atoms with Crippen LogP contribution in [0.1, 0.15) is 27.8 Å². The number of nitrogens with one attached hydrogen (secondary N) is 1. The third-order valence-corrected chi connectivity index (χ3v) is 5.60. The monoisotopic (exact) mass is 435 g/mol. The molecule has 1 aromatic heterocycles.